The quantitative estimate of drug-likeness (QED) is 0.702. The van der Waals surface area contributed by atoms with Gasteiger partial charge in [-0.15, -0.1) is 0 Å². The molecule has 0 fully saturated rings. The van der Waals surface area contributed by atoms with Crippen molar-refractivity contribution in [2.24, 2.45) is 0 Å². The fourth-order valence-electron chi connectivity index (χ4n) is 2.36. The molecule has 0 saturated carbocycles. The van der Waals surface area contributed by atoms with Gasteiger partial charge in [0.1, 0.15) is 0 Å². The third-order valence-corrected chi connectivity index (χ3v) is 3.27. The summed E-state index contributed by atoms with van der Waals surface area (Å²) in [5, 5.41) is 1.23. The Morgan fingerprint density at radius 1 is 1.24 bits per heavy atom. The summed E-state index contributed by atoms with van der Waals surface area (Å²) in [7, 11) is 0. The normalized spacial score (nSPS) is 19.4. The highest BCUT2D eigenvalue weighted by Gasteiger charge is 2.11. The monoisotopic (exact) mass is 221 g/mol. The van der Waals surface area contributed by atoms with E-state index in [1.165, 1.54) is 16.5 Å². The Morgan fingerprint density at radius 2 is 2.12 bits per heavy atom. The van der Waals surface area contributed by atoms with Gasteiger partial charge in [0.15, 0.2) is 0 Å². The number of allylic oxidation sites excluding steroid dienone is 4. The molecule has 0 spiro atoms. The first-order valence-corrected chi connectivity index (χ1v) is 6.02. The van der Waals surface area contributed by atoms with Crippen molar-refractivity contribution in [2.75, 3.05) is 0 Å². The molecule has 0 bridgehead atoms. The van der Waals surface area contributed by atoms with Crippen LogP contribution in [-0.4, -0.2) is 4.98 Å². The van der Waals surface area contributed by atoms with Crippen LogP contribution >= 0.6 is 0 Å². The lowest BCUT2D eigenvalue weighted by molar-refractivity contribution is 0.840. The van der Waals surface area contributed by atoms with Crippen LogP contribution in [0.3, 0.4) is 0 Å². The molecule has 1 unspecified atom stereocenters. The molecule has 1 aromatic heterocycles. The predicted octanol–water partition coefficient (Wildman–Crippen LogP) is 4.22. The van der Waals surface area contributed by atoms with Crippen molar-refractivity contribution < 1.29 is 0 Å². The minimum atomic E-state index is 0.483. The van der Waals surface area contributed by atoms with Crippen molar-refractivity contribution in [1.29, 1.82) is 0 Å². The summed E-state index contributed by atoms with van der Waals surface area (Å²) in [5.74, 6) is 0.483. The maximum Gasteiger partial charge on any atom is 0.0702 e. The number of hydrogen-bond acceptors (Lipinski definition) is 1. The van der Waals surface area contributed by atoms with Crippen LogP contribution in [0.15, 0.2) is 60.3 Å². The number of benzene rings is 1. The fraction of sp³-hybridized carbons (Fsp3) is 0.188. The zero-order valence-corrected chi connectivity index (χ0v) is 9.93. The molecule has 1 heterocycles. The van der Waals surface area contributed by atoms with E-state index in [2.05, 4.69) is 54.4 Å². The maximum absolute atomic E-state index is 4.53. The van der Waals surface area contributed by atoms with E-state index in [1.54, 1.807) is 0 Å². The summed E-state index contributed by atoms with van der Waals surface area (Å²) in [5.41, 5.74) is 3.73. The van der Waals surface area contributed by atoms with Gasteiger partial charge in [0.2, 0.25) is 0 Å². The van der Waals surface area contributed by atoms with E-state index < -0.39 is 0 Å². The summed E-state index contributed by atoms with van der Waals surface area (Å²) >= 11 is 0. The standard InChI is InChI=1S/C16H15N/c1-12-5-4-7-13(9-12)15-10-14-6-2-3-8-16(14)17-11-15/h2-6,8-11,13H,7H2,1H3. The molecule has 2 aromatic rings. The lowest BCUT2D eigenvalue weighted by Gasteiger charge is -2.15. The molecule has 0 radical (unpaired) electrons. The summed E-state index contributed by atoms with van der Waals surface area (Å²) in [6.07, 6.45) is 9.85. The maximum atomic E-state index is 4.53. The molecule has 1 aromatic carbocycles. The Kier molecular flexibility index (Phi) is 2.52. The SMILES string of the molecule is CC1=CC(c2cnc3ccccc3c2)CC=C1. The highest BCUT2D eigenvalue weighted by Crippen LogP contribution is 2.28. The Hall–Kier alpha value is -1.89. The van der Waals surface area contributed by atoms with E-state index in [4.69, 9.17) is 0 Å². The first kappa shape index (κ1) is 10.3. The largest absolute Gasteiger partial charge is 0.256 e. The van der Waals surface area contributed by atoms with Gasteiger partial charge < -0.3 is 0 Å². The lowest BCUT2D eigenvalue weighted by Crippen LogP contribution is -1.99. The third-order valence-electron chi connectivity index (χ3n) is 3.27. The Bertz CT molecular complexity index is 608. The zero-order chi connectivity index (χ0) is 11.7. The number of hydrogen-bond donors (Lipinski definition) is 0. The average molecular weight is 221 g/mol. The molecule has 1 aliphatic rings. The minimum absolute atomic E-state index is 0.483. The van der Waals surface area contributed by atoms with E-state index in [1.807, 2.05) is 12.3 Å². The highest BCUT2D eigenvalue weighted by molar-refractivity contribution is 5.78. The number of rotatable bonds is 1. The van der Waals surface area contributed by atoms with Crippen LogP contribution in [0, 0.1) is 0 Å². The molecule has 0 amide bonds. The second-order valence-corrected chi connectivity index (χ2v) is 4.62. The van der Waals surface area contributed by atoms with Crippen molar-refractivity contribution in [3.05, 3.63) is 65.9 Å². The van der Waals surface area contributed by atoms with Gasteiger partial charge in [-0.3, -0.25) is 4.98 Å². The molecule has 84 valence electrons. The van der Waals surface area contributed by atoms with Crippen LogP contribution < -0.4 is 0 Å². The molecule has 0 aliphatic heterocycles. The molecule has 0 N–H and O–H groups in total. The minimum Gasteiger partial charge on any atom is -0.256 e. The molecule has 3 rings (SSSR count). The summed E-state index contributed by atoms with van der Waals surface area (Å²) < 4.78 is 0. The summed E-state index contributed by atoms with van der Waals surface area (Å²) in [6, 6.07) is 10.5. The van der Waals surface area contributed by atoms with E-state index in [0.717, 1.165) is 11.9 Å². The van der Waals surface area contributed by atoms with Gasteiger partial charge >= 0.3 is 0 Å². The summed E-state index contributed by atoms with van der Waals surface area (Å²) in [6.45, 7) is 2.15. The lowest BCUT2D eigenvalue weighted by atomic mass is 9.90. The number of para-hydroxylation sites is 1. The first-order chi connectivity index (χ1) is 8.33. The molecular weight excluding hydrogens is 206 g/mol. The van der Waals surface area contributed by atoms with Crippen LogP contribution in [0.25, 0.3) is 10.9 Å². The van der Waals surface area contributed by atoms with Crippen LogP contribution in [0.4, 0.5) is 0 Å². The van der Waals surface area contributed by atoms with Crippen molar-refractivity contribution in [1.82, 2.24) is 4.98 Å². The predicted molar refractivity (Wildman–Crippen MR) is 72.0 cm³/mol. The second-order valence-electron chi connectivity index (χ2n) is 4.62. The first-order valence-electron chi connectivity index (χ1n) is 6.02. The molecular formula is C16H15N. The van der Waals surface area contributed by atoms with Gasteiger partial charge in [0.25, 0.3) is 0 Å². The van der Waals surface area contributed by atoms with Crippen LogP contribution in [0.5, 0.6) is 0 Å². The van der Waals surface area contributed by atoms with E-state index in [0.29, 0.717) is 5.92 Å². The van der Waals surface area contributed by atoms with E-state index in [9.17, 15) is 0 Å². The fourth-order valence-corrected chi connectivity index (χ4v) is 2.36. The van der Waals surface area contributed by atoms with Gasteiger partial charge in [-0.1, -0.05) is 42.0 Å². The number of nitrogens with zero attached hydrogens (tertiary/aromatic N) is 1. The molecule has 17 heavy (non-hydrogen) atoms. The summed E-state index contributed by atoms with van der Waals surface area (Å²) in [4.78, 5) is 4.53. The zero-order valence-electron chi connectivity index (χ0n) is 9.93. The average Bonchev–Trinajstić information content (AvgIpc) is 2.38. The van der Waals surface area contributed by atoms with Gasteiger partial charge in [-0.25, -0.2) is 0 Å². The third kappa shape index (κ3) is 2.01. The van der Waals surface area contributed by atoms with Crippen molar-refractivity contribution in [3.8, 4) is 0 Å². The Balaban J connectivity index is 2.04. The topological polar surface area (TPSA) is 12.9 Å². The smallest absolute Gasteiger partial charge is 0.0702 e. The van der Waals surface area contributed by atoms with Gasteiger partial charge in [-0.2, -0.15) is 0 Å². The number of fused-ring (bicyclic) bond motifs is 1. The molecule has 1 aliphatic carbocycles. The van der Waals surface area contributed by atoms with E-state index >= 15 is 0 Å². The van der Waals surface area contributed by atoms with Crippen molar-refractivity contribution in [3.63, 3.8) is 0 Å². The molecule has 1 atom stereocenters. The Morgan fingerprint density at radius 3 is 3.00 bits per heavy atom. The van der Waals surface area contributed by atoms with Crippen molar-refractivity contribution >= 4 is 10.9 Å². The van der Waals surface area contributed by atoms with Crippen LogP contribution in [0.1, 0.15) is 24.8 Å². The van der Waals surface area contributed by atoms with Crippen molar-refractivity contribution in [2.45, 2.75) is 19.3 Å². The molecule has 1 heteroatoms. The number of aromatic nitrogens is 1. The van der Waals surface area contributed by atoms with Gasteiger partial charge in [-0.05, 0) is 31.0 Å². The molecule has 0 saturated heterocycles. The second kappa shape index (κ2) is 4.17. The Labute approximate surface area is 102 Å². The van der Waals surface area contributed by atoms with Gasteiger partial charge in [0.05, 0.1) is 5.52 Å². The van der Waals surface area contributed by atoms with Gasteiger partial charge in [0, 0.05) is 17.5 Å². The highest BCUT2D eigenvalue weighted by atomic mass is 14.6. The van der Waals surface area contributed by atoms with E-state index in [-0.39, 0.29) is 0 Å². The number of pyridine rings is 1. The van der Waals surface area contributed by atoms with Crippen LogP contribution in [-0.2, 0) is 0 Å². The van der Waals surface area contributed by atoms with Crippen LogP contribution in [0.2, 0.25) is 0 Å². The molecule has 1 nitrogen and oxygen atoms in total.